The molecule has 0 saturated carbocycles. The third-order valence-corrected chi connectivity index (χ3v) is 5.55. The molecule has 0 aliphatic carbocycles. The van der Waals surface area contributed by atoms with E-state index in [1.165, 1.54) is 12.8 Å². The Morgan fingerprint density at radius 1 is 1.36 bits per heavy atom. The average Bonchev–Trinajstić information content (AvgIpc) is 3.09. The maximum absolute atomic E-state index is 5.95. The average molecular weight is 303 g/mol. The molecule has 2 saturated heterocycles. The van der Waals surface area contributed by atoms with Crippen molar-refractivity contribution in [3.63, 3.8) is 0 Å². The molecule has 4 heterocycles. The van der Waals surface area contributed by atoms with Gasteiger partial charge >= 0.3 is 0 Å². The van der Waals surface area contributed by atoms with Crippen molar-refractivity contribution in [2.75, 3.05) is 33.0 Å². The van der Waals surface area contributed by atoms with Gasteiger partial charge in [0.15, 0.2) is 0 Å². The molecule has 0 spiro atoms. The maximum Gasteiger partial charge on any atom is 0.120 e. The number of aromatic nitrogens is 2. The van der Waals surface area contributed by atoms with Crippen LogP contribution in [-0.4, -0.2) is 53.9 Å². The summed E-state index contributed by atoms with van der Waals surface area (Å²) in [7, 11) is 0. The number of nitrogens with zero attached hydrogens (tertiary/aromatic N) is 2. The summed E-state index contributed by atoms with van der Waals surface area (Å²) in [5.74, 6) is 1.07. The minimum absolute atomic E-state index is 0.201. The highest BCUT2D eigenvalue weighted by molar-refractivity contribution is 5.23. The molecular weight excluding hydrogens is 278 g/mol. The number of hydrogen-bond acceptors (Lipinski definition) is 4. The van der Waals surface area contributed by atoms with Crippen molar-refractivity contribution in [1.82, 2.24) is 14.9 Å². The molecule has 2 fully saturated rings. The predicted octanol–water partition coefficient (Wildman–Crippen LogP) is 2.13. The molecule has 22 heavy (non-hydrogen) atoms. The van der Waals surface area contributed by atoms with E-state index in [1.54, 1.807) is 5.57 Å². The highest BCUT2D eigenvalue weighted by atomic mass is 16.5. The van der Waals surface area contributed by atoms with Crippen molar-refractivity contribution in [2.45, 2.75) is 38.3 Å². The number of fused-ring (bicyclic) bond motifs is 1. The molecule has 1 aromatic rings. The zero-order valence-electron chi connectivity index (χ0n) is 13.1. The van der Waals surface area contributed by atoms with E-state index in [1.807, 2.05) is 12.4 Å². The zero-order chi connectivity index (χ0) is 14.8. The Morgan fingerprint density at radius 2 is 2.36 bits per heavy atom. The number of nitrogens with one attached hydrogen (secondary N) is 1. The van der Waals surface area contributed by atoms with Crippen molar-refractivity contribution in [3.8, 4) is 0 Å². The highest BCUT2D eigenvalue weighted by Gasteiger charge is 2.49. The van der Waals surface area contributed by atoms with Crippen LogP contribution < -0.4 is 0 Å². The Kier molecular flexibility index (Phi) is 4.03. The van der Waals surface area contributed by atoms with Gasteiger partial charge in [0.25, 0.3) is 0 Å². The second kappa shape index (κ2) is 6.14. The van der Waals surface area contributed by atoms with E-state index >= 15 is 0 Å². The van der Waals surface area contributed by atoms with Crippen LogP contribution in [0, 0.1) is 5.41 Å². The topological polar surface area (TPSA) is 50.4 Å². The number of likely N-dealkylation sites (tertiary alicyclic amines) is 1. The quantitative estimate of drug-likeness (QED) is 0.869. The molecule has 120 valence electrons. The van der Waals surface area contributed by atoms with Crippen LogP contribution >= 0.6 is 0 Å². The fraction of sp³-hybridized carbons (Fsp3) is 0.706. The maximum atomic E-state index is 5.95. The highest BCUT2D eigenvalue weighted by Crippen LogP contribution is 2.48. The molecular formula is C17H25N3O2. The standard InChI is InChI=1S/C17H25N3O2/c1-5-17(14-2-9-21-10-3-14)13-22-11-4-15(17)20(8-1)12-16-18-6-7-19-16/h2,6-7,15H,1,3-5,8-13H2,(H,18,19)/t15-,17-/m1/s1. The SMILES string of the molecule is C1=C([C@]23CCCN(Cc4ncc[nH]4)[C@@H]2CCOC3)CCOC1. The Balaban J connectivity index is 1.61. The summed E-state index contributed by atoms with van der Waals surface area (Å²) >= 11 is 0. The van der Waals surface area contributed by atoms with E-state index in [-0.39, 0.29) is 5.41 Å². The van der Waals surface area contributed by atoms with Gasteiger partial charge < -0.3 is 14.5 Å². The van der Waals surface area contributed by atoms with Gasteiger partial charge in [0, 0.05) is 30.5 Å². The van der Waals surface area contributed by atoms with Crippen LogP contribution in [0.5, 0.6) is 0 Å². The van der Waals surface area contributed by atoms with Gasteiger partial charge in [-0.1, -0.05) is 11.6 Å². The molecule has 0 aromatic carbocycles. The molecule has 0 unspecified atom stereocenters. The molecule has 3 aliphatic heterocycles. The predicted molar refractivity (Wildman–Crippen MR) is 83.4 cm³/mol. The molecule has 0 radical (unpaired) electrons. The largest absolute Gasteiger partial charge is 0.380 e. The molecule has 0 bridgehead atoms. The van der Waals surface area contributed by atoms with Crippen LogP contribution in [0.4, 0.5) is 0 Å². The first kappa shape index (κ1) is 14.4. The van der Waals surface area contributed by atoms with Crippen LogP contribution in [0.2, 0.25) is 0 Å². The Bertz CT molecular complexity index is 524. The number of ether oxygens (including phenoxy) is 2. The summed E-state index contributed by atoms with van der Waals surface area (Å²) in [5, 5.41) is 0. The van der Waals surface area contributed by atoms with E-state index in [9.17, 15) is 0 Å². The van der Waals surface area contributed by atoms with Gasteiger partial charge in [-0.05, 0) is 32.2 Å². The number of rotatable bonds is 3. The van der Waals surface area contributed by atoms with Crippen LogP contribution in [0.25, 0.3) is 0 Å². The van der Waals surface area contributed by atoms with Gasteiger partial charge in [0.2, 0.25) is 0 Å². The first-order valence-electron chi connectivity index (χ1n) is 8.46. The van der Waals surface area contributed by atoms with Crippen molar-refractivity contribution >= 4 is 0 Å². The fourth-order valence-electron chi connectivity index (χ4n) is 4.56. The Labute approximate surface area is 131 Å². The third kappa shape index (κ3) is 2.51. The van der Waals surface area contributed by atoms with Gasteiger partial charge in [0.1, 0.15) is 5.82 Å². The van der Waals surface area contributed by atoms with Gasteiger partial charge in [-0.2, -0.15) is 0 Å². The van der Waals surface area contributed by atoms with E-state index in [0.717, 1.165) is 58.2 Å². The Hall–Kier alpha value is -1.17. The lowest BCUT2D eigenvalue weighted by Crippen LogP contribution is -2.58. The fourth-order valence-corrected chi connectivity index (χ4v) is 4.56. The summed E-state index contributed by atoms with van der Waals surface area (Å²) in [6.07, 6.45) is 10.8. The monoisotopic (exact) mass is 303 g/mol. The van der Waals surface area contributed by atoms with Crippen molar-refractivity contribution < 1.29 is 9.47 Å². The van der Waals surface area contributed by atoms with Crippen LogP contribution in [-0.2, 0) is 16.0 Å². The van der Waals surface area contributed by atoms with E-state index < -0.39 is 0 Å². The molecule has 4 rings (SSSR count). The minimum atomic E-state index is 0.201. The molecule has 0 amide bonds. The molecule has 5 nitrogen and oxygen atoms in total. The first-order valence-corrected chi connectivity index (χ1v) is 8.46. The number of piperidine rings is 1. The summed E-state index contributed by atoms with van der Waals surface area (Å²) in [5.41, 5.74) is 1.78. The van der Waals surface area contributed by atoms with E-state index in [2.05, 4.69) is 20.9 Å². The second-order valence-corrected chi connectivity index (χ2v) is 6.68. The zero-order valence-corrected chi connectivity index (χ0v) is 13.1. The Morgan fingerprint density at radius 3 is 3.18 bits per heavy atom. The smallest absolute Gasteiger partial charge is 0.120 e. The lowest BCUT2D eigenvalue weighted by Gasteiger charge is -2.54. The number of imidazole rings is 1. The van der Waals surface area contributed by atoms with Crippen molar-refractivity contribution in [1.29, 1.82) is 0 Å². The van der Waals surface area contributed by atoms with Gasteiger partial charge in [-0.25, -0.2) is 4.98 Å². The number of aromatic amines is 1. The molecule has 3 aliphatic rings. The van der Waals surface area contributed by atoms with Gasteiger partial charge in [-0.15, -0.1) is 0 Å². The van der Waals surface area contributed by atoms with E-state index in [4.69, 9.17) is 9.47 Å². The van der Waals surface area contributed by atoms with Gasteiger partial charge in [0.05, 0.1) is 26.4 Å². The number of hydrogen-bond donors (Lipinski definition) is 1. The molecule has 5 heteroatoms. The molecule has 1 aromatic heterocycles. The number of H-pyrrole nitrogens is 1. The van der Waals surface area contributed by atoms with Crippen LogP contribution in [0.15, 0.2) is 24.0 Å². The molecule has 1 N–H and O–H groups in total. The normalized spacial score (nSPS) is 33.3. The van der Waals surface area contributed by atoms with Crippen molar-refractivity contribution in [2.24, 2.45) is 5.41 Å². The van der Waals surface area contributed by atoms with Gasteiger partial charge in [-0.3, -0.25) is 4.90 Å². The lowest BCUT2D eigenvalue weighted by molar-refractivity contribution is -0.0879. The van der Waals surface area contributed by atoms with E-state index in [0.29, 0.717) is 6.04 Å². The second-order valence-electron chi connectivity index (χ2n) is 6.68. The lowest BCUT2D eigenvalue weighted by atomic mass is 9.65. The van der Waals surface area contributed by atoms with Crippen LogP contribution in [0.1, 0.15) is 31.5 Å². The summed E-state index contributed by atoms with van der Waals surface area (Å²) in [4.78, 5) is 10.3. The van der Waals surface area contributed by atoms with Crippen LogP contribution in [0.3, 0.4) is 0 Å². The third-order valence-electron chi connectivity index (χ3n) is 5.55. The summed E-state index contributed by atoms with van der Waals surface area (Å²) in [6, 6.07) is 0.574. The summed E-state index contributed by atoms with van der Waals surface area (Å²) < 4.78 is 11.5. The minimum Gasteiger partial charge on any atom is -0.380 e. The van der Waals surface area contributed by atoms with Crippen molar-refractivity contribution in [3.05, 3.63) is 29.9 Å². The summed E-state index contributed by atoms with van der Waals surface area (Å²) in [6.45, 7) is 5.46. The first-order chi connectivity index (χ1) is 10.9. The molecule has 2 atom stereocenters.